The molecule has 1 N–H and O–H groups in total. The zero-order valence-corrected chi connectivity index (χ0v) is 13.0. The Hall–Kier alpha value is -1.82. The van der Waals surface area contributed by atoms with Gasteiger partial charge in [0.25, 0.3) is 0 Å². The minimum atomic E-state index is -0.0810. The van der Waals surface area contributed by atoms with Crippen LogP contribution in [0.5, 0.6) is 0 Å². The fraction of sp³-hybridized carbons (Fsp3) is 0.467. The van der Waals surface area contributed by atoms with Crippen molar-refractivity contribution in [1.82, 2.24) is 15.2 Å². The van der Waals surface area contributed by atoms with Gasteiger partial charge in [0.15, 0.2) is 0 Å². The Morgan fingerprint density at radius 2 is 2.33 bits per heavy atom. The van der Waals surface area contributed by atoms with Crippen LogP contribution >= 0.6 is 11.3 Å². The molecule has 2 amide bonds. The first-order valence-corrected chi connectivity index (χ1v) is 8.06. The van der Waals surface area contributed by atoms with Crippen molar-refractivity contribution in [3.05, 3.63) is 40.7 Å². The number of thiazole rings is 1. The number of amides is 2. The average molecular weight is 305 g/mol. The Morgan fingerprint density at radius 3 is 2.90 bits per heavy atom. The molecule has 0 aliphatic heterocycles. The summed E-state index contributed by atoms with van der Waals surface area (Å²) in [7, 11) is 0. The van der Waals surface area contributed by atoms with E-state index in [1.165, 1.54) is 0 Å². The molecule has 2 aromatic heterocycles. The zero-order chi connectivity index (χ0) is 14.8. The van der Waals surface area contributed by atoms with E-state index in [2.05, 4.69) is 10.3 Å². The third-order valence-electron chi connectivity index (χ3n) is 3.71. The zero-order valence-electron chi connectivity index (χ0n) is 12.2. The topological polar surface area (TPSA) is 58.4 Å². The van der Waals surface area contributed by atoms with Gasteiger partial charge in [0.05, 0.1) is 18.3 Å². The van der Waals surface area contributed by atoms with E-state index < -0.39 is 0 Å². The number of hydrogen-bond donors (Lipinski definition) is 1. The number of aromatic nitrogens is 1. The smallest absolute Gasteiger partial charge is 0.318 e. The Bertz CT molecular complexity index is 578. The van der Waals surface area contributed by atoms with Crippen molar-refractivity contribution in [2.24, 2.45) is 0 Å². The van der Waals surface area contributed by atoms with E-state index in [0.29, 0.717) is 6.04 Å². The summed E-state index contributed by atoms with van der Waals surface area (Å²) in [5.41, 5.74) is 0. The van der Waals surface area contributed by atoms with Crippen molar-refractivity contribution < 1.29 is 9.21 Å². The van der Waals surface area contributed by atoms with E-state index in [9.17, 15) is 4.79 Å². The number of urea groups is 1. The largest absolute Gasteiger partial charge is 0.467 e. The van der Waals surface area contributed by atoms with E-state index in [1.807, 2.05) is 36.3 Å². The van der Waals surface area contributed by atoms with Gasteiger partial charge in [-0.25, -0.2) is 9.78 Å². The van der Waals surface area contributed by atoms with Crippen LogP contribution in [0.1, 0.15) is 49.5 Å². The lowest BCUT2D eigenvalue weighted by molar-refractivity contribution is 0.163. The Balaban J connectivity index is 1.70. The van der Waals surface area contributed by atoms with Gasteiger partial charge in [0.1, 0.15) is 10.8 Å². The van der Waals surface area contributed by atoms with Crippen molar-refractivity contribution in [3.63, 3.8) is 0 Å². The standard InChI is InChI=1S/C15H19N3O2S/c1-10(14-16-7-9-21-14)17-15(19)18(12-5-6-12)11(2)13-4-3-8-20-13/h3-4,7-12H,5-6H2,1-2H3,(H,17,19)/t10-,11-/m0/s1. The molecule has 0 unspecified atom stereocenters. The molecule has 1 aliphatic rings. The minimum Gasteiger partial charge on any atom is -0.467 e. The van der Waals surface area contributed by atoms with Crippen LogP contribution < -0.4 is 5.32 Å². The van der Waals surface area contributed by atoms with Crippen LogP contribution in [-0.2, 0) is 0 Å². The van der Waals surface area contributed by atoms with Crippen LogP contribution in [-0.4, -0.2) is 22.0 Å². The molecule has 1 saturated carbocycles. The van der Waals surface area contributed by atoms with Crippen LogP contribution in [0.2, 0.25) is 0 Å². The van der Waals surface area contributed by atoms with E-state index >= 15 is 0 Å². The molecule has 0 bridgehead atoms. The molecule has 0 spiro atoms. The fourth-order valence-electron chi connectivity index (χ4n) is 2.45. The van der Waals surface area contributed by atoms with Crippen molar-refractivity contribution in [1.29, 1.82) is 0 Å². The SMILES string of the molecule is C[C@H](NC(=O)N(C1CC1)[C@@H](C)c1ccco1)c1nccs1. The monoisotopic (exact) mass is 305 g/mol. The Labute approximate surface area is 128 Å². The maximum Gasteiger partial charge on any atom is 0.318 e. The molecule has 1 fully saturated rings. The summed E-state index contributed by atoms with van der Waals surface area (Å²) in [6.45, 7) is 3.96. The van der Waals surface area contributed by atoms with Crippen molar-refractivity contribution in [2.45, 2.75) is 44.8 Å². The lowest BCUT2D eigenvalue weighted by Crippen LogP contribution is -2.43. The Kier molecular flexibility index (Phi) is 3.96. The van der Waals surface area contributed by atoms with Crippen molar-refractivity contribution in [2.75, 3.05) is 0 Å². The number of hydrogen-bond acceptors (Lipinski definition) is 4. The van der Waals surface area contributed by atoms with Gasteiger partial charge in [-0.2, -0.15) is 0 Å². The normalized spacial score (nSPS) is 17.2. The van der Waals surface area contributed by atoms with E-state index in [4.69, 9.17) is 4.42 Å². The van der Waals surface area contributed by atoms with Crippen LogP contribution in [0.3, 0.4) is 0 Å². The van der Waals surface area contributed by atoms with E-state index in [-0.39, 0.29) is 18.1 Å². The molecular formula is C15H19N3O2S. The molecule has 6 heteroatoms. The average Bonchev–Trinajstić information content (AvgIpc) is 3.01. The maximum atomic E-state index is 12.6. The second-order valence-corrected chi connectivity index (χ2v) is 6.30. The van der Waals surface area contributed by atoms with Gasteiger partial charge >= 0.3 is 6.03 Å². The molecule has 21 heavy (non-hydrogen) atoms. The predicted molar refractivity (Wildman–Crippen MR) is 81.0 cm³/mol. The summed E-state index contributed by atoms with van der Waals surface area (Å²) in [6, 6.07) is 3.89. The van der Waals surface area contributed by atoms with Gasteiger partial charge in [0, 0.05) is 17.6 Å². The van der Waals surface area contributed by atoms with Gasteiger partial charge in [-0.15, -0.1) is 11.3 Å². The third kappa shape index (κ3) is 3.10. The number of rotatable bonds is 5. The first kappa shape index (κ1) is 14.1. The van der Waals surface area contributed by atoms with Crippen LogP contribution in [0.4, 0.5) is 4.79 Å². The quantitative estimate of drug-likeness (QED) is 0.915. The summed E-state index contributed by atoms with van der Waals surface area (Å²) in [4.78, 5) is 18.8. The molecule has 0 saturated heterocycles. The van der Waals surface area contributed by atoms with Gasteiger partial charge in [-0.3, -0.25) is 0 Å². The van der Waals surface area contributed by atoms with Crippen LogP contribution in [0.25, 0.3) is 0 Å². The fourth-order valence-corrected chi connectivity index (χ4v) is 3.09. The summed E-state index contributed by atoms with van der Waals surface area (Å²) >= 11 is 1.55. The lowest BCUT2D eigenvalue weighted by atomic mass is 10.2. The van der Waals surface area contributed by atoms with Gasteiger partial charge < -0.3 is 14.6 Å². The number of nitrogens with one attached hydrogen (secondary N) is 1. The highest BCUT2D eigenvalue weighted by atomic mass is 32.1. The number of carbonyl (C=O) groups is 1. The van der Waals surface area contributed by atoms with Crippen LogP contribution in [0.15, 0.2) is 34.4 Å². The molecule has 0 aromatic carbocycles. The highest BCUT2D eigenvalue weighted by Crippen LogP contribution is 2.34. The summed E-state index contributed by atoms with van der Waals surface area (Å²) in [6.07, 6.45) is 5.52. The maximum absolute atomic E-state index is 12.6. The van der Waals surface area contributed by atoms with Gasteiger partial charge in [-0.05, 0) is 38.8 Å². The van der Waals surface area contributed by atoms with Crippen molar-refractivity contribution in [3.8, 4) is 0 Å². The molecule has 0 radical (unpaired) electrons. The highest BCUT2D eigenvalue weighted by molar-refractivity contribution is 7.09. The van der Waals surface area contributed by atoms with Gasteiger partial charge in [-0.1, -0.05) is 0 Å². The van der Waals surface area contributed by atoms with Gasteiger partial charge in [0.2, 0.25) is 0 Å². The molecule has 3 rings (SSSR count). The second kappa shape index (κ2) is 5.89. The molecular weight excluding hydrogens is 286 g/mol. The molecule has 1 aliphatic carbocycles. The highest BCUT2D eigenvalue weighted by Gasteiger charge is 2.37. The summed E-state index contributed by atoms with van der Waals surface area (Å²) < 4.78 is 5.45. The summed E-state index contributed by atoms with van der Waals surface area (Å²) in [5.74, 6) is 0.818. The second-order valence-electron chi connectivity index (χ2n) is 5.37. The molecule has 2 atom stereocenters. The van der Waals surface area contributed by atoms with E-state index in [0.717, 1.165) is 23.6 Å². The van der Waals surface area contributed by atoms with Crippen LogP contribution in [0, 0.1) is 0 Å². The molecule has 2 aromatic rings. The number of carbonyl (C=O) groups excluding carboxylic acids is 1. The molecule has 2 heterocycles. The number of furan rings is 1. The molecule has 112 valence electrons. The first-order valence-electron chi connectivity index (χ1n) is 7.18. The summed E-state index contributed by atoms with van der Waals surface area (Å²) in [5, 5.41) is 5.88. The Morgan fingerprint density at radius 1 is 1.52 bits per heavy atom. The lowest BCUT2D eigenvalue weighted by Gasteiger charge is -2.29. The number of nitrogens with zero attached hydrogens (tertiary/aromatic N) is 2. The third-order valence-corrected chi connectivity index (χ3v) is 4.67. The van der Waals surface area contributed by atoms with E-state index in [1.54, 1.807) is 23.8 Å². The first-order chi connectivity index (χ1) is 10.2. The molecule has 5 nitrogen and oxygen atoms in total. The van der Waals surface area contributed by atoms with Crippen molar-refractivity contribution >= 4 is 17.4 Å². The predicted octanol–water partition coefficient (Wildman–Crippen LogP) is 3.73. The minimum absolute atomic E-state index is 0.0518.